The number of carbonyl (C=O) groups excluding carboxylic acids is 2. The van der Waals surface area contributed by atoms with E-state index in [0.717, 1.165) is 38.9 Å². The first kappa shape index (κ1) is 18.9. The molecule has 5 nitrogen and oxygen atoms in total. The molecule has 1 saturated heterocycles. The SMILES string of the molecule is CCCCN1CC(CC(=O)OC)CC(NC(=O)C(C)(C)C)C1. The maximum absolute atomic E-state index is 12.2. The van der Waals surface area contributed by atoms with Crippen LogP contribution in [0.4, 0.5) is 0 Å². The normalized spacial score (nSPS) is 23.1. The van der Waals surface area contributed by atoms with Crippen molar-refractivity contribution in [2.45, 2.75) is 59.4 Å². The molecule has 0 radical (unpaired) electrons. The van der Waals surface area contributed by atoms with Crippen molar-refractivity contribution >= 4 is 11.9 Å². The van der Waals surface area contributed by atoms with Crippen molar-refractivity contribution in [1.29, 1.82) is 0 Å². The van der Waals surface area contributed by atoms with E-state index < -0.39 is 0 Å². The highest BCUT2D eigenvalue weighted by Crippen LogP contribution is 2.22. The molecule has 1 aliphatic rings. The third kappa shape index (κ3) is 6.34. The van der Waals surface area contributed by atoms with E-state index in [9.17, 15) is 9.59 Å². The van der Waals surface area contributed by atoms with Gasteiger partial charge in [-0.1, -0.05) is 34.1 Å². The fourth-order valence-electron chi connectivity index (χ4n) is 2.84. The maximum atomic E-state index is 12.2. The van der Waals surface area contributed by atoms with Crippen molar-refractivity contribution in [3.8, 4) is 0 Å². The Balaban J connectivity index is 2.65. The van der Waals surface area contributed by atoms with Crippen LogP contribution in [0, 0.1) is 11.3 Å². The Kier molecular flexibility index (Phi) is 7.33. The fraction of sp³-hybridized carbons (Fsp3) is 0.882. The number of hydrogen-bond acceptors (Lipinski definition) is 4. The molecule has 2 unspecified atom stereocenters. The van der Waals surface area contributed by atoms with Crippen LogP contribution in [0.3, 0.4) is 0 Å². The third-order valence-corrected chi connectivity index (χ3v) is 4.14. The molecule has 1 N–H and O–H groups in total. The molecule has 5 heteroatoms. The molecule has 1 fully saturated rings. The second kappa shape index (κ2) is 8.51. The predicted molar refractivity (Wildman–Crippen MR) is 87.5 cm³/mol. The van der Waals surface area contributed by atoms with E-state index >= 15 is 0 Å². The number of esters is 1. The molecule has 2 atom stereocenters. The molecular formula is C17H32N2O3. The lowest BCUT2D eigenvalue weighted by Gasteiger charge is -2.38. The maximum Gasteiger partial charge on any atom is 0.305 e. The van der Waals surface area contributed by atoms with Gasteiger partial charge in [-0.25, -0.2) is 0 Å². The molecule has 1 rings (SSSR count). The Labute approximate surface area is 134 Å². The van der Waals surface area contributed by atoms with Gasteiger partial charge in [0.05, 0.1) is 7.11 Å². The van der Waals surface area contributed by atoms with E-state index in [1.54, 1.807) is 0 Å². The summed E-state index contributed by atoms with van der Waals surface area (Å²) in [5, 5.41) is 3.15. The van der Waals surface area contributed by atoms with Crippen LogP contribution in [0.1, 0.15) is 53.4 Å². The summed E-state index contributed by atoms with van der Waals surface area (Å²) in [7, 11) is 1.43. The lowest BCUT2D eigenvalue weighted by Crippen LogP contribution is -2.53. The van der Waals surface area contributed by atoms with Crippen LogP contribution in [0.15, 0.2) is 0 Å². The number of unbranched alkanes of at least 4 members (excludes halogenated alkanes) is 1. The van der Waals surface area contributed by atoms with Crippen LogP contribution in [-0.4, -0.2) is 49.6 Å². The summed E-state index contributed by atoms with van der Waals surface area (Å²) in [5.74, 6) is 0.165. The van der Waals surface area contributed by atoms with Gasteiger partial charge in [-0.15, -0.1) is 0 Å². The molecule has 0 saturated carbocycles. The lowest BCUT2D eigenvalue weighted by atomic mass is 9.89. The second-order valence-electron chi connectivity index (χ2n) is 7.42. The van der Waals surface area contributed by atoms with Gasteiger partial charge in [0.15, 0.2) is 0 Å². The number of rotatable bonds is 6. The largest absolute Gasteiger partial charge is 0.469 e. The van der Waals surface area contributed by atoms with Gasteiger partial charge >= 0.3 is 5.97 Å². The van der Waals surface area contributed by atoms with Crippen molar-refractivity contribution in [3.05, 3.63) is 0 Å². The summed E-state index contributed by atoms with van der Waals surface area (Å²) in [6, 6.07) is 0.118. The van der Waals surface area contributed by atoms with Crippen LogP contribution < -0.4 is 5.32 Å². The Bertz CT molecular complexity index is 377. The summed E-state index contributed by atoms with van der Waals surface area (Å²) in [5.41, 5.74) is -0.385. The number of nitrogens with one attached hydrogen (secondary N) is 1. The molecule has 0 bridgehead atoms. The Hall–Kier alpha value is -1.10. The van der Waals surface area contributed by atoms with E-state index in [4.69, 9.17) is 4.74 Å². The summed E-state index contributed by atoms with van der Waals surface area (Å²) in [6.45, 7) is 10.8. The fourth-order valence-corrected chi connectivity index (χ4v) is 2.84. The van der Waals surface area contributed by atoms with Crippen LogP contribution in [0.25, 0.3) is 0 Å². The molecule has 128 valence electrons. The predicted octanol–water partition coefficient (Wildman–Crippen LogP) is 2.20. The number of hydrogen-bond donors (Lipinski definition) is 1. The number of methoxy groups -OCH3 is 1. The monoisotopic (exact) mass is 312 g/mol. The van der Waals surface area contributed by atoms with Crippen molar-refractivity contribution in [2.75, 3.05) is 26.7 Å². The first-order valence-corrected chi connectivity index (χ1v) is 8.36. The van der Waals surface area contributed by atoms with Crippen LogP contribution in [-0.2, 0) is 14.3 Å². The summed E-state index contributed by atoms with van der Waals surface area (Å²) >= 11 is 0. The first-order chi connectivity index (χ1) is 10.3. The van der Waals surface area contributed by atoms with Gasteiger partial charge in [-0.05, 0) is 25.3 Å². The molecule has 22 heavy (non-hydrogen) atoms. The average molecular weight is 312 g/mol. The molecular weight excluding hydrogens is 280 g/mol. The van der Waals surface area contributed by atoms with Gasteiger partial charge in [0.25, 0.3) is 0 Å². The number of nitrogens with zero attached hydrogens (tertiary/aromatic N) is 1. The standard InChI is InChI=1S/C17H32N2O3/c1-6-7-8-19-11-13(10-15(20)22-5)9-14(12-19)18-16(21)17(2,3)4/h13-14H,6-12H2,1-5H3,(H,18,21). The molecule has 1 heterocycles. The number of likely N-dealkylation sites (tertiary alicyclic amines) is 1. The van der Waals surface area contributed by atoms with Crippen LogP contribution in [0.2, 0.25) is 0 Å². The summed E-state index contributed by atoms with van der Waals surface area (Å²) in [4.78, 5) is 26.1. The highest BCUT2D eigenvalue weighted by Gasteiger charge is 2.31. The molecule has 0 aromatic carbocycles. The highest BCUT2D eigenvalue weighted by atomic mass is 16.5. The second-order valence-corrected chi connectivity index (χ2v) is 7.42. The van der Waals surface area contributed by atoms with Gasteiger partial charge in [0.2, 0.25) is 5.91 Å². The van der Waals surface area contributed by atoms with Gasteiger partial charge in [-0.3, -0.25) is 9.59 Å². The third-order valence-electron chi connectivity index (χ3n) is 4.14. The van der Waals surface area contributed by atoms with Gasteiger partial charge in [-0.2, -0.15) is 0 Å². The molecule has 0 aromatic heterocycles. The quantitative estimate of drug-likeness (QED) is 0.764. The van der Waals surface area contributed by atoms with Gasteiger partial charge < -0.3 is 15.0 Å². The molecule has 1 aliphatic heterocycles. The first-order valence-electron chi connectivity index (χ1n) is 8.36. The minimum atomic E-state index is -0.385. The Morgan fingerprint density at radius 1 is 1.27 bits per heavy atom. The average Bonchev–Trinajstić information content (AvgIpc) is 2.43. The Morgan fingerprint density at radius 2 is 1.95 bits per heavy atom. The van der Waals surface area contributed by atoms with E-state index in [-0.39, 0.29) is 29.3 Å². The molecule has 0 aromatic rings. The minimum Gasteiger partial charge on any atom is -0.469 e. The lowest BCUT2D eigenvalue weighted by molar-refractivity contribution is -0.142. The minimum absolute atomic E-state index is 0.0756. The zero-order chi connectivity index (χ0) is 16.8. The van der Waals surface area contributed by atoms with E-state index in [1.807, 2.05) is 20.8 Å². The van der Waals surface area contributed by atoms with Crippen molar-refractivity contribution in [1.82, 2.24) is 10.2 Å². The Morgan fingerprint density at radius 3 is 2.50 bits per heavy atom. The van der Waals surface area contributed by atoms with E-state index in [0.29, 0.717) is 6.42 Å². The van der Waals surface area contributed by atoms with Gasteiger partial charge in [0.1, 0.15) is 0 Å². The molecule has 0 aliphatic carbocycles. The summed E-state index contributed by atoms with van der Waals surface area (Å²) < 4.78 is 4.80. The zero-order valence-corrected chi connectivity index (χ0v) is 14.8. The van der Waals surface area contributed by atoms with Crippen molar-refractivity contribution in [2.24, 2.45) is 11.3 Å². The number of piperidine rings is 1. The van der Waals surface area contributed by atoms with Gasteiger partial charge in [0, 0.05) is 31.0 Å². The number of ether oxygens (including phenoxy) is 1. The van der Waals surface area contributed by atoms with Crippen LogP contribution >= 0.6 is 0 Å². The van der Waals surface area contributed by atoms with Crippen LogP contribution in [0.5, 0.6) is 0 Å². The zero-order valence-electron chi connectivity index (χ0n) is 14.8. The van der Waals surface area contributed by atoms with Crippen molar-refractivity contribution < 1.29 is 14.3 Å². The number of amides is 1. The number of carbonyl (C=O) groups is 2. The van der Waals surface area contributed by atoms with E-state index in [2.05, 4.69) is 17.1 Å². The van der Waals surface area contributed by atoms with Crippen molar-refractivity contribution in [3.63, 3.8) is 0 Å². The molecule has 1 amide bonds. The van der Waals surface area contributed by atoms with E-state index in [1.165, 1.54) is 7.11 Å². The highest BCUT2D eigenvalue weighted by molar-refractivity contribution is 5.81. The topological polar surface area (TPSA) is 58.6 Å². The molecule has 0 spiro atoms. The smallest absolute Gasteiger partial charge is 0.305 e. The summed E-state index contributed by atoms with van der Waals surface area (Å²) in [6.07, 6.45) is 3.57.